The summed E-state index contributed by atoms with van der Waals surface area (Å²) in [5.74, 6) is 0.136. The number of hydrogen-bond acceptors (Lipinski definition) is 6. The third kappa shape index (κ3) is 3.45. The third-order valence-electron chi connectivity index (χ3n) is 3.12. The molecule has 0 N–H and O–H groups in total. The molecule has 0 aliphatic heterocycles. The number of aromatic nitrogens is 4. The van der Waals surface area contributed by atoms with Gasteiger partial charge in [-0.2, -0.15) is 13.2 Å². The maximum atomic E-state index is 13.1. The maximum absolute atomic E-state index is 13.1. The topological polar surface area (TPSA) is 43.6 Å². The van der Waals surface area contributed by atoms with Crippen molar-refractivity contribution in [3.05, 3.63) is 36.2 Å². The summed E-state index contributed by atoms with van der Waals surface area (Å²) < 4.78 is 41.3. The van der Waals surface area contributed by atoms with Gasteiger partial charge in [-0.05, 0) is 36.8 Å². The van der Waals surface area contributed by atoms with E-state index in [1.807, 2.05) is 24.6 Å². The molecule has 0 amide bonds. The summed E-state index contributed by atoms with van der Waals surface area (Å²) in [5, 5.41) is 8.25. The Morgan fingerprint density at radius 2 is 1.75 bits per heavy atom. The quantitative estimate of drug-likeness (QED) is 0.598. The summed E-state index contributed by atoms with van der Waals surface area (Å²) in [6.45, 7) is 0. The number of rotatable bonds is 4. The molecule has 0 aliphatic rings. The van der Waals surface area contributed by atoms with Crippen LogP contribution in [0.2, 0.25) is 0 Å². The fourth-order valence-corrected chi connectivity index (χ4v) is 3.65. The monoisotopic (exact) mass is 388 g/mol. The van der Waals surface area contributed by atoms with Crippen LogP contribution in [-0.4, -0.2) is 32.3 Å². The summed E-state index contributed by atoms with van der Waals surface area (Å²) >= 11 is 4.16. The zero-order valence-corrected chi connectivity index (χ0v) is 15.0. The Morgan fingerprint density at radius 3 is 2.29 bits per heavy atom. The van der Waals surface area contributed by atoms with Gasteiger partial charge in [-0.25, -0.2) is 4.98 Å². The highest BCUT2D eigenvalue weighted by Gasteiger charge is 2.35. The van der Waals surface area contributed by atoms with Crippen LogP contribution in [0.4, 0.5) is 13.2 Å². The zero-order chi connectivity index (χ0) is 17.3. The van der Waals surface area contributed by atoms with Gasteiger partial charge in [0.15, 0.2) is 20.9 Å². The molecule has 0 radical (unpaired) electrons. The van der Waals surface area contributed by atoms with Gasteiger partial charge in [-0.1, -0.05) is 23.1 Å². The molecular formula is C14H11F3N4S3. The Kier molecular flexibility index (Phi) is 4.88. The van der Waals surface area contributed by atoms with Crippen LogP contribution in [0.5, 0.6) is 0 Å². The lowest BCUT2D eigenvalue weighted by atomic mass is 10.3. The van der Waals surface area contributed by atoms with Gasteiger partial charge in [0.1, 0.15) is 0 Å². The van der Waals surface area contributed by atoms with E-state index in [2.05, 4.69) is 15.2 Å². The van der Waals surface area contributed by atoms with Crippen molar-refractivity contribution in [2.45, 2.75) is 15.4 Å². The first-order chi connectivity index (χ1) is 11.4. The molecule has 0 unspecified atom stereocenters. The predicted molar refractivity (Wildman–Crippen MR) is 91.0 cm³/mol. The summed E-state index contributed by atoms with van der Waals surface area (Å²) in [6, 6.07) is 7.22. The number of nitrogens with zero attached hydrogens (tertiary/aromatic N) is 4. The standard InChI is InChI=1S/C14H11F3N4S3/c1-22-9-5-3-8(4-6-9)21-7-10(14(15,16)17)18-11(21)12-19-20-13(23-2)24-12/h3-7H,1-2H3. The Morgan fingerprint density at radius 1 is 1.04 bits per heavy atom. The van der Waals surface area contributed by atoms with Crippen LogP contribution >= 0.6 is 34.9 Å². The molecule has 0 fully saturated rings. The second-order valence-electron chi connectivity index (χ2n) is 4.59. The highest BCUT2D eigenvalue weighted by Crippen LogP contribution is 2.34. The van der Waals surface area contributed by atoms with E-state index in [9.17, 15) is 13.2 Å². The molecule has 3 aromatic rings. The number of halogens is 3. The number of alkyl halides is 3. The minimum Gasteiger partial charge on any atom is -0.297 e. The molecule has 10 heteroatoms. The van der Waals surface area contributed by atoms with Gasteiger partial charge in [-0.3, -0.25) is 4.57 Å². The number of hydrogen-bond donors (Lipinski definition) is 0. The normalized spacial score (nSPS) is 11.9. The van der Waals surface area contributed by atoms with Crippen LogP contribution in [-0.2, 0) is 6.18 Å². The molecule has 126 valence electrons. The van der Waals surface area contributed by atoms with Gasteiger partial charge in [-0.15, -0.1) is 22.0 Å². The number of imidazole rings is 1. The Labute approximate surface area is 148 Å². The summed E-state index contributed by atoms with van der Waals surface area (Å²) in [4.78, 5) is 4.77. The van der Waals surface area contributed by atoms with Crippen molar-refractivity contribution in [1.82, 2.24) is 19.7 Å². The second-order valence-corrected chi connectivity index (χ2v) is 7.50. The average Bonchev–Trinajstić information content (AvgIpc) is 3.21. The summed E-state index contributed by atoms with van der Waals surface area (Å²) in [7, 11) is 0. The predicted octanol–water partition coefficient (Wildman–Crippen LogP) is 4.85. The van der Waals surface area contributed by atoms with Crippen molar-refractivity contribution >= 4 is 34.9 Å². The van der Waals surface area contributed by atoms with Gasteiger partial charge in [0.25, 0.3) is 0 Å². The third-order valence-corrected chi connectivity index (χ3v) is 5.76. The second kappa shape index (κ2) is 6.77. The maximum Gasteiger partial charge on any atom is 0.434 e. The van der Waals surface area contributed by atoms with E-state index in [-0.39, 0.29) is 5.82 Å². The van der Waals surface area contributed by atoms with E-state index >= 15 is 0 Å². The molecule has 0 saturated carbocycles. The Balaban J connectivity index is 2.13. The van der Waals surface area contributed by atoms with Crippen molar-refractivity contribution < 1.29 is 13.2 Å². The lowest BCUT2D eigenvalue weighted by molar-refractivity contribution is -0.140. The molecular weight excluding hydrogens is 377 g/mol. The van der Waals surface area contributed by atoms with Crippen molar-refractivity contribution in [2.24, 2.45) is 0 Å². The lowest BCUT2D eigenvalue weighted by Crippen LogP contribution is -2.04. The highest BCUT2D eigenvalue weighted by molar-refractivity contribution is 8.00. The SMILES string of the molecule is CSc1ccc(-n2cc(C(F)(F)F)nc2-c2nnc(SC)s2)cc1. The Bertz CT molecular complexity index is 840. The molecule has 4 nitrogen and oxygen atoms in total. The number of benzene rings is 1. The fraction of sp³-hybridized carbons (Fsp3) is 0.214. The van der Waals surface area contributed by atoms with E-state index in [4.69, 9.17) is 0 Å². The van der Waals surface area contributed by atoms with E-state index in [1.54, 1.807) is 23.9 Å². The zero-order valence-electron chi connectivity index (χ0n) is 12.5. The van der Waals surface area contributed by atoms with Crippen LogP contribution < -0.4 is 0 Å². The first-order valence-corrected chi connectivity index (χ1v) is 9.88. The summed E-state index contributed by atoms with van der Waals surface area (Å²) in [6.07, 6.45) is 0.236. The Hall–Kier alpha value is -1.52. The smallest absolute Gasteiger partial charge is 0.297 e. The summed E-state index contributed by atoms with van der Waals surface area (Å²) in [5.41, 5.74) is -0.362. The van der Waals surface area contributed by atoms with Crippen molar-refractivity contribution in [3.8, 4) is 16.5 Å². The van der Waals surface area contributed by atoms with Crippen molar-refractivity contribution in [2.75, 3.05) is 12.5 Å². The highest BCUT2D eigenvalue weighted by atomic mass is 32.2. The van der Waals surface area contributed by atoms with E-state index in [0.717, 1.165) is 11.1 Å². The first-order valence-electron chi connectivity index (χ1n) is 6.61. The van der Waals surface area contributed by atoms with Crippen LogP contribution in [0.3, 0.4) is 0 Å². The molecule has 0 aliphatic carbocycles. The van der Waals surface area contributed by atoms with Crippen LogP contribution in [0, 0.1) is 0 Å². The molecule has 2 aromatic heterocycles. The van der Waals surface area contributed by atoms with Gasteiger partial charge in [0, 0.05) is 16.8 Å². The van der Waals surface area contributed by atoms with Gasteiger partial charge in [0.2, 0.25) is 0 Å². The van der Waals surface area contributed by atoms with Gasteiger partial charge >= 0.3 is 6.18 Å². The van der Waals surface area contributed by atoms with Crippen LogP contribution in [0.1, 0.15) is 5.69 Å². The lowest BCUT2D eigenvalue weighted by Gasteiger charge is -2.06. The van der Waals surface area contributed by atoms with Gasteiger partial charge < -0.3 is 0 Å². The average molecular weight is 388 g/mol. The fourth-order valence-electron chi connectivity index (χ4n) is 1.99. The largest absolute Gasteiger partial charge is 0.434 e. The molecule has 0 bridgehead atoms. The van der Waals surface area contributed by atoms with E-state index in [0.29, 0.717) is 15.0 Å². The molecule has 2 heterocycles. The molecule has 0 saturated heterocycles. The molecule has 24 heavy (non-hydrogen) atoms. The van der Waals surface area contributed by atoms with Crippen LogP contribution in [0.15, 0.2) is 39.7 Å². The molecule has 0 spiro atoms. The van der Waals surface area contributed by atoms with Crippen molar-refractivity contribution in [1.29, 1.82) is 0 Å². The molecule has 3 rings (SSSR count). The van der Waals surface area contributed by atoms with Gasteiger partial charge in [0.05, 0.1) is 0 Å². The first kappa shape index (κ1) is 17.3. The molecule has 1 aromatic carbocycles. The van der Waals surface area contributed by atoms with E-state index in [1.165, 1.54) is 27.7 Å². The molecule has 0 atom stereocenters. The van der Waals surface area contributed by atoms with E-state index < -0.39 is 11.9 Å². The minimum atomic E-state index is -4.52. The minimum absolute atomic E-state index is 0.136. The van der Waals surface area contributed by atoms with Crippen LogP contribution in [0.25, 0.3) is 16.5 Å². The number of thioether (sulfide) groups is 2. The van der Waals surface area contributed by atoms with Crippen molar-refractivity contribution in [3.63, 3.8) is 0 Å².